The average Bonchev–Trinajstić information content (AvgIpc) is 2.64. The fraction of sp³-hybridized carbons (Fsp3) is 0.857. The van der Waals surface area contributed by atoms with Crippen molar-refractivity contribution in [3.05, 3.63) is 12.0 Å². The number of carbonyl (C=O) groups excluding carboxylic acids is 1. The Hall–Kier alpha value is -1.04. The van der Waals surface area contributed by atoms with Crippen molar-refractivity contribution in [2.45, 2.75) is 110 Å². The van der Waals surface area contributed by atoms with Crippen LogP contribution < -0.4 is 10.0 Å². The van der Waals surface area contributed by atoms with Gasteiger partial charge < -0.3 is 5.32 Å². The molecule has 0 aliphatic rings. The number of urea groups is 1. The molecule has 0 atom stereocenters. The molecule has 0 aliphatic carbocycles. The van der Waals surface area contributed by atoms with Gasteiger partial charge in [-0.3, -0.25) is 0 Å². The third-order valence-corrected chi connectivity index (χ3v) is 5.68. The topological polar surface area (TPSA) is 75.3 Å². The zero-order valence-corrected chi connectivity index (χ0v) is 18.3. The normalized spacial score (nSPS) is 11.3. The van der Waals surface area contributed by atoms with Crippen LogP contribution in [-0.2, 0) is 10.0 Å². The molecule has 2 amide bonds. The number of amides is 2. The van der Waals surface area contributed by atoms with Crippen molar-refractivity contribution in [2.75, 3.05) is 6.54 Å². The first-order chi connectivity index (χ1) is 13.0. The van der Waals surface area contributed by atoms with Crippen LogP contribution in [0.25, 0.3) is 0 Å². The van der Waals surface area contributed by atoms with E-state index in [-0.39, 0.29) is 0 Å². The van der Waals surface area contributed by atoms with Crippen LogP contribution in [0.2, 0.25) is 0 Å². The largest absolute Gasteiger partial charge is 0.337 e. The van der Waals surface area contributed by atoms with Crippen LogP contribution in [0.4, 0.5) is 4.79 Å². The van der Waals surface area contributed by atoms with E-state index < -0.39 is 16.1 Å². The number of hydrogen-bond donors (Lipinski definition) is 2. The van der Waals surface area contributed by atoms with E-state index in [0.29, 0.717) is 6.54 Å². The van der Waals surface area contributed by atoms with E-state index in [9.17, 15) is 13.2 Å². The molecule has 0 saturated carbocycles. The van der Waals surface area contributed by atoms with Gasteiger partial charge in [0.2, 0.25) is 0 Å². The van der Waals surface area contributed by atoms with Gasteiger partial charge >= 0.3 is 6.03 Å². The van der Waals surface area contributed by atoms with E-state index in [4.69, 9.17) is 0 Å². The Bertz CT molecular complexity index is 464. The van der Waals surface area contributed by atoms with Crippen LogP contribution in [0.1, 0.15) is 110 Å². The molecule has 0 saturated heterocycles. The molecule has 27 heavy (non-hydrogen) atoms. The molecule has 0 unspecified atom stereocenters. The quantitative estimate of drug-likeness (QED) is 0.259. The smallest absolute Gasteiger partial charge is 0.328 e. The van der Waals surface area contributed by atoms with Crippen molar-refractivity contribution in [3.8, 4) is 0 Å². The van der Waals surface area contributed by atoms with Crippen LogP contribution >= 0.6 is 0 Å². The molecule has 160 valence electrons. The van der Waals surface area contributed by atoms with Crippen LogP contribution in [-0.4, -0.2) is 21.0 Å². The first kappa shape index (κ1) is 26.0. The highest BCUT2D eigenvalue weighted by molar-refractivity contribution is 7.92. The van der Waals surface area contributed by atoms with E-state index in [1.165, 1.54) is 89.9 Å². The number of sulfonamides is 1. The molecular formula is C21H42N2O3S. The summed E-state index contributed by atoms with van der Waals surface area (Å²) in [6, 6.07) is -0.684. The van der Waals surface area contributed by atoms with Crippen LogP contribution in [0.15, 0.2) is 12.0 Å². The summed E-state index contributed by atoms with van der Waals surface area (Å²) in [5.74, 6) is 0. The highest BCUT2D eigenvalue weighted by atomic mass is 32.2. The molecule has 0 radical (unpaired) electrons. The van der Waals surface area contributed by atoms with Crippen molar-refractivity contribution in [3.63, 3.8) is 0 Å². The molecule has 0 bridgehead atoms. The summed E-state index contributed by atoms with van der Waals surface area (Å²) >= 11 is 0. The monoisotopic (exact) mass is 402 g/mol. The number of carbonyl (C=O) groups is 1. The predicted molar refractivity (Wildman–Crippen MR) is 115 cm³/mol. The van der Waals surface area contributed by atoms with E-state index in [2.05, 4.69) is 18.8 Å². The molecule has 5 nitrogen and oxygen atoms in total. The highest BCUT2D eigenvalue weighted by Crippen LogP contribution is 2.13. The molecule has 0 rings (SSSR count). The highest BCUT2D eigenvalue weighted by Gasteiger charge is 2.08. The van der Waals surface area contributed by atoms with Crippen molar-refractivity contribution >= 4 is 16.1 Å². The summed E-state index contributed by atoms with van der Waals surface area (Å²) < 4.78 is 24.1. The van der Waals surface area contributed by atoms with Crippen molar-refractivity contribution in [1.29, 1.82) is 0 Å². The lowest BCUT2D eigenvalue weighted by Gasteiger charge is -2.06. The van der Waals surface area contributed by atoms with E-state index in [1.807, 2.05) is 4.72 Å². The van der Waals surface area contributed by atoms with Gasteiger partial charge in [0, 0.05) is 12.0 Å². The van der Waals surface area contributed by atoms with Crippen molar-refractivity contribution in [1.82, 2.24) is 10.0 Å². The van der Waals surface area contributed by atoms with E-state index in [0.717, 1.165) is 18.2 Å². The third-order valence-electron chi connectivity index (χ3n) is 4.77. The molecule has 0 fully saturated rings. The van der Waals surface area contributed by atoms with Gasteiger partial charge in [0.25, 0.3) is 10.0 Å². The molecule has 0 aromatic carbocycles. The average molecular weight is 403 g/mol. The minimum absolute atomic E-state index is 0.497. The van der Waals surface area contributed by atoms with Gasteiger partial charge in [-0.1, -0.05) is 110 Å². The second-order valence-corrected chi connectivity index (χ2v) is 9.00. The van der Waals surface area contributed by atoms with Crippen molar-refractivity contribution in [2.24, 2.45) is 0 Å². The molecular weight excluding hydrogens is 360 g/mol. The fourth-order valence-electron chi connectivity index (χ4n) is 3.08. The van der Waals surface area contributed by atoms with Crippen molar-refractivity contribution < 1.29 is 13.2 Å². The summed E-state index contributed by atoms with van der Waals surface area (Å²) in [5, 5.41) is 3.27. The predicted octanol–water partition coefficient (Wildman–Crippen LogP) is 6.02. The summed E-state index contributed by atoms with van der Waals surface area (Å²) in [4.78, 5) is 11.3. The Morgan fingerprint density at radius 2 is 1.11 bits per heavy atom. The van der Waals surface area contributed by atoms with Gasteiger partial charge in [0.05, 0.1) is 0 Å². The maximum absolute atomic E-state index is 11.3. The van der Waals surface area contributed by atoms with Crippen LogP contribution in [0, 0.1) is 0 Å². The molecule has 0 aromatic rings. The van der Waals surface area contributed by atoms with Gasteiger partial charge in [-0.15, -0.1) is 0 Å². The lowest BCUT2D eigenvalue weighted by molar-refractivity contribution is 0.245. The Kier molecular flexibility index (Phi) is 17.6. The Labute approximate surface area is 167 Å². The summed E-state index contributed by atoms with van der Waals surface area (Å²) in [6.45, 7) is 5.90. The number of unbranched alkanes of at least 4 members (excludes halogenated alkanes) is 15. The van der Waals surface area contributed by atoms with Crippen LogP contribution in [0.5, 0.6) is 0 Å². The maximum Gasteiger partial charge on any atom is 0.328 e. The third kappa shape index (κ3) is 19.5. The van der Waals surface area contributed by atoms with Gasteiger partial charge in [-0.25, -0.2) is 17.9 Å². The Morgan fingerprint density at radius 3 is 1.48 bits per heavy atom. The van der Waals surface area contributed by atoms with Crippen LogP contribution in [0.3, 0.4) is 0 Å². The minimum atomic E-state index is -3.69. The second-order valence-electron chi connectivity index (χ2n) is 7.37. The summed E-state index contributed by atoms with van der Waals surface area (Å²) in [6.07, 6.45) is 20.9. The lowest BCUT2D eigenvalue weighted by atomic mass is 10.0. The lowest BCUT2D eigenvalue weighted by Crippen LogP contribution is -2.38. The van der Waals surface area contributed by atoms with E-state index >= 15 is 0 Å². The molecule has 2 N–H and O–H groups in total. The summed E-state index contributed by atoms with van der Waals surface area (Å²) in [7, 11) is -3.69. The van der Waals surface area contributed by atoms with E-state index in [1.54, 1.807) is 0 Å². The molecule has 0 spiro atoms. The van der Waals surface area contributed by atoms with Gasteiger partial charge in [-0.05, 0) is 6.42 Å². The zero-order valence-electron chi connectivity index (χ0n) is 17.4. The van der Waals surface area contributed by atoms with Gasteiger partial charge in [0.15, 0.2) is 0 Å². The second kappa shape index (κ2) is 18.3. The Morgan fingerprint density at radius 1 is 0.741 bits per heavy atom. The standard InChI is InChI=1S/C21H42N2O3S/c1-3-5-6-7-8-9-10-11-12-13-14-15-16-17-18-19-20-22-21(24)23-27(25,26)4-2/h4H,2-3,5-20H2,1H3,(H2,22,23,24). The molecule has 0 aliphatic heterocycles. The number of hydrogen-bond acceptors (Lipinski definition) is 3. The maximum atomic E-state index is 11.3. The Balaban J connectivity index is 3.21. The molecule has 0 aromatic heterocycles. The zero-order chi connectivity index (χ0) is 20.2. The first-order valence-electron chi connectivity index (χ1n) is 10.9. The number of nitrogens with one attached hydrogen (secondary N) is 2. The first-order valence-corrected chi connectivity index (χ1v) is 12.5. The minimum Gasteiger partial charge on any atom is -0.337 e. The SMILES string of the molecule is C=CS(=O)(=O)NC(=O)NCCCCCCCCCCCCCCCCCC. The molecule has 6 heteroatoms. The summed E-state index contributed by atoms with van der Waals surface area (Å²) in [5.41, 5.74) is 0. The molecule has 0 heterocycles. The van der Waals surface area contributed by atoms with Gasteiger partial charge in [0.1, 0.15) is 0 Å². The van der Waals surface area contributed by atoms with Gasteiger partial charge in [-0.2, -0.15) is 0 Å². The fourth-order valence-corrected chi connectivity index (χ4v) is 3.50. The number of rotatable bonds is 19.